The van der Waals surface area contributed by atoms with Crippen molar-refractivity contribution in [1.82, 2.24) is 0 Å². The van der Waals surface area contributed by atoms with Gasteiger partial charge in [0.15, 0.2) is 5.78 Å². The predicted molar refractivity (Wildman–Crippen MR) is 79.5 cm³/mol. The number of allylic oxidation sites excluding steroid dienone is 1. The van der Waals surface area contributed by atoms with Crippen molar-refractivity contribution in [3.8, 4) is 11.5 Å². The summed E-state index contributed by atoms with van der Waals surface area (Å²) in [5.74, 6) is -0.816. The number of carbonyl (C=O) groups excluding carboxylic acids is 1. The van der Waals surface area contributed by atoms with Crippen LogP contribution in [0.4, 0.5) is 13.2 Å². The molecule has 0 spiro atoms. The molecule has 0 aliphatic rings. The summed E-state index contributed by atoms with van der Waals surface area (Å²) in [5, 5.41) is 9.76. The lowest BCUT2D eigenvalue weighted by atomic mass is 10.0. The van der Waals surface area contributed by atoms with Crippen LogP contribution in [0.1, 0.15) is 21.5 Å². The summed E-state index contributed by atoms with van der Waals surface area (Å²) < 4.78 is 43.7. The highest BCUT2D eigenvalue weighted by molar-refractivity contribution is 6.10. The van der Waals surface area contributed by atoms with E-state index in [4.69, 9.17) is 4.74 Å². The Labute approximate surface area is 130 Å². The van der Waals surface area contributed by atoms with Crippen molar-refractivity contribution in [2.24, 2.45) is 0 Å². The molecule has 0 heterocycles. The first-order valence-electron chi connectivity index (χ1n) is 6.59. The summed E-state index contributed by atoms with van der Waals surface area (Å²) in [5.41, 5.74) is -1.08. The summed E-state index contributed by atoms with van der Waals surface area (Å²) in [6, 6.07) is 9.18. The van der Waals surface area contributed by atoms with E-state index in [0.29, 0.717) is 0 Å². The highest BCUT2D eigenvalue weighted by atomic mass is 19.4. The van der Waals surface area contributed by atoms with Crippen LogP contribution >= 0.6 is 0 Å². The van der Waals surface area contributed by atoms with Crippen LogP contribution in [0.2, 0.25) is 0 Å². The molecular weight excluding hydrogens is 309 g/mol. The largest absolute Gasteiger partial charge is 0.507 e. The van der Waals surface area contributed by atoms with Gasteiger partial charge in [-0.1, -0.05) is 30.3 Å². The van der Waals surface area contributed by atoms with Crippen LogP contribution in [0.15, 0.2) is 48.5 Å². The number of alkyl halides is 3. The zero-order valence-corrected chi connectivity index (χ0v) is 12.1. The lowest BCUT2D eigenvalue weighted by molar-refractivity contribution is -0.137. The van der Waals surface area contributed by atoms with E-state index in [1.54, 1.807) is 0 Å². The van der Waals surface area contributed by atoms with Crippen molar-refractivity contribution in [2.75, 3.05) is 7.11 Å². The normalized spacial score (nSPS) is 11.7. The first-order chi connectivity index (χ1) is 10.8. The molecule has 0 aliphatic carbocycles. The number of hydrogen-bond acceptors (Lipinski definition) is 3. The van der Waals surface area contributed by atoms with Gasteiger partial charge >= 0.3 is 6.18 Å². The van der Waals surface area contributed by atoms with Gasteiger partial charge in [0.1, 0.15) is 17.1 Å². The summed E-state index contributed by atoms with van der Waals surface area (Å²) >= 11 is 0. The van der Waals surface area contributed by atoms with Crippen molar-refractivity contribution in [1.29, 1.82) is 0 Å². The topological polar surface area (TPSA) is 46.5 Å². The Morgan fingerprint density at radius 1 is 1.13 bits per heavy atom. The number of methoxy groups -OCH3 is 1. The highest BCUT2D eigenvalue weighted by Gasteiger charge is 2.32. The molecule has 3 nitrogen and oxygen atoms in total. The van der Waals surface area contributed by atoms with E-state index in [0.717, 1.165) is 18.2 Å². The van der Waals surface area contributed by atoms with Crippen molar-refractivity contribution < 1.29 is 27.8 Å². The van der Waals surface area contributed by atoms with Crippen molar-refractivity contribution in [3.63, 3.8) is 0 Å². The summed E-state index contributed by atoms with van der Waals surface area (Å²) in [7, 11) is 1.33. The molecule has 0 unspecified atom stereocenters. The fourth-order valence-corrected chi connectivity index (χ4v) is 2.09. The Hall–Kier alpha value is -2.76. The second-order valence-electron chi connectivity index (χ2n) is 4.64. The monoisotopic (exact) mass is 322 g/mol. The zero-order chi connectivity index (χ0) is 17.0. The van der Waals surface area contributed by atoms with E-state index in [9.17, 15) is 23.1 Å². The van der Waals surface area contributed by atoms with Crippen LogP contribution < -0.4 is 4.74 Å². The Morgan fingerprint density at radius 2 is 1.83 bits per heavy atom. The van der Waals surface area contributed by atoms with E-state index in [1.807, 2.05) is 0 Å². The van der Waals surface area contributed by atoms with Gasteiger partial charge in [0.2, 0.25) is 0 Å². The molecule has 0 saturated heterocycles. The van der Waals surface area contributed by atoms with Crippen LogP contribution in [0.3, 0.4) is 0 Å². The molecule has 0 bridgehead atoms. The van der Waals surface area contributed by atoms with Crippen LogP contribution in [0.5, 0.6) is 11.5 Å². The number of ketones is 1. The molecule has 2 aromatic carbocycles. The average Bonchev–Trinajstić information content (AvgIpc) is 2.51. The van der Waals surface area contributed by atoms with Gasteiger partial charge in [-0.2, -0.15) is 13.2 Å². The minimum atomic E-state index is -4.52. The highest BCUT2D eigenvalue weighted by Crippen LogP contribution is 2.33. The Bertz CT molecular complexity index is 749. The fraction of sp³-hybridized carbons (Fsp3) is 0.118. The molecule has 23 heavy (non-hydrogen) atoms. The molecule has 120 valence electrons. The van der Waals surface area contributed by atoms with E-state index in [1.165, 1.54) is 43.5 Å². The predicted octanol–water partition coefficient (Wildman–Crippen LogP) is 4.32. The maximum Gasteiger partial charge on any atom is 0.416 e. The number of aromatic hydroxyl groups is 1. The molecule has 2 aromatic rings. The van der Waals surface area contributed by atoms with Gasteiger partial charge in [-0.3, -0.25) is 4.79 Å². The lowest BCUT2D eigenvalue weighted by Gasteiger charge is -2.10. The number of benzene rings is 2. The number of phenolic OH excluding ortho intramolecular Hbond substituents is 1. The fourth-order valence-electron chi connectivity index (χ4n) is 2.09. The van der Waals surface area contributed by atoms with E-state index < -0.39 is 17.5 Å². The molecule has 2 rings (SSSR count). The maximum atomic E-state index is 12.9. The molecule has 0 amide bonds. The van der Waals surface area contributed by atoms with Crippen LogP contribution in [-0.4, -0.2) is 18.0 Å². The van der Waals surface area contributed by atoms with Crippen molar-refractivity contribution in [3.05, 3.63) is 65.2 Å². The minimum Gasteiger partial charge on any atom is -0.507 e. The molecule has 6 heteroatoms. The summed E-state index contributed by atoms with van der Waals surface area (Å²) in [6.07, 6.45) is -2.48. The van der Waals surface area contributed by atoms with Crippen molar-refractivity contribution >= 4 is 11.9 Å². The van der Waals surface area contributed by atoms with Crippen LogP contribution in [-0.2, 0) is 6.18 Å². The van der Waals surface area contributed by atoms with Gasteiger partial charge < -0.3 is 9.84 Å². The summed E-state index contributed by atoms with van der Waals surface area (Å²) in [6.45, 7) is 0. The molecule has 0 aliphatic heterocycles. The minimum absolute atomic E-state index is 0.101. The van der Waals surface area contributed by atoms with Gasteiger partial charge in [0, 0.05) is 0 Å². The molecule has 0 aromatic heterocycles. The molecular formula is C17H13F3O3. The van der Waals surface area contributed by atoms with Gasteiger partial charge in [0.25, 0.3) is 0 Å². The van der Waals surface area contributed by atoms with Crippen LogP contribution in [0.25, 0.3) is 6.08 Å². The lowest BCUT2D eigenvalue weighted by Crippen LogP contribution is -2.07. The third-order valence-corrected chi connectivity index (χ3v) is 3.15. The van der Waals surface area contributed by atoms with Gasteiger partial charge in [0.05, 0.1) is 12.7 Å². The smallest absolute Gasteiger partial charge is 0.416 e. The quantitative estimate of drug-likeness (QED) is 0.674. The maximum absolute atomic E-state index is 12.9. The molecule has 0 fully saturated rings. The van der Waals surface area contributed by atoms with Gasteiger partial charge in [-0.25, -0.2) is 0 Å². The number of carbonyl (C=O) groups is 1. The van der Waals surface area contributed by atoms with Crippen LogP contribution in [0, 0.1) is 0 Å². The first kappa shape index (κ1) is 16.6. The van der Waals surface area contributed by atoms with Gasteiger partial charge in [-0.15, -0.1) is 0 Å². The Kier molecular flexibility index (Phi) is 4.74. The molecule has 1 N–H and O–H groups in total. The Morgan fingerprint density at radius 3 is 2.48 bits per heavy atom. The average molecular weight is 322 g/mol. The van der Waals surface area contributed by atoms with Gasteiger partial charge in [-0.05, 0) is 29.8 Å². The number of halogens is 3. The standard InChI is InChI=1S/C17H13F3O3/c1-23-15-8-4-7-13(21)16(15)14(22)10-9-11-5-2-3-6-12(11)17(18,19)20/h2-10,21H,1H3/b10-9+. The zero-order valence-electron chi connectivity index (χ0n) is 12.1. The third kappa shape index (κ3) is 3.71. The van der Waals surface area contributed by atoms with E-state index >= 15 is 0 Å². The SMILES string of the molecule is COc1cccc(O)c1C(=O)/C=C/c1ccccc1C(F)(F)F. The first-order valence-corrected chi connectivity index (χ1v) is 6.59. The second-order valence-corrected chi connectivity index (χ2v) is 4.64. The van der Waals surface area contributed by atoms with E-state index in [2.05, 4.69) is 0 Å². The second kappa shape index (κ2) is 6.56. The Balaban J connectivity index is 2.38. The van der Waals surface area contributed by atoms with E-state index in [-0.39, 0.29) is 22.6 Å². The molecule has 0 atom stereocenters. The number of hydrogen-bond donors (Lipinski definition) is 1. The third-order valence-electron chi connectivity index (χ3n) is 3.15. The molecule has 0 radical (unpaired) electrons. The number of rotatable bonds is 4. The molecule has 0 saturated carbocycles. The number of phenols is 1. The summed E-state index contributed by atoms with van der Waals surface area (Å²) in [4.78, 5) is 12.2. The number of ether oxygens (including phenoxy) is 1. The van der Waals surface area contributed by atoms with Crippen molar-refractivity contribution in [2.45, 2.75) is 6.18 Å².